The van der Waals surface area contributed by atoms with Crippen molar-refractivity contribution in [2.24, 2.45) is 0 Å². The van der Waals surface area contributed by atoms with Gasteiger partial charge in [0.25, 0.3) is 0 Å². The van der Waals surface area contributed by atoms with E-state index in [0.29, 0.717) is 11.1 Å². The molecule has 0 saturated carbocycles. The van der Waals surface area contributed by atoms with Crippen molar-refractivity contribution in [1.29, 1.82) is 0 Å². The quantitative estimate of drug-likeness (QED) is 0.368. The zero-order valence-corrected chi connectivity index (χ0v) is 18.0. The van der Waals surface area contributed by atoms with Crippen LogP contribution in [0.15, 0.2) is 36.8 Å². The summed E-state index contributed by atoms with van der Waals surface area (Å²) in [6, 6.07) is 2.86. The van der Waals surface area contributed by atoms with Crippen molar-refractivity contribution in [2.75, 3.05) is 5.73 Å². The zero-order valence-electron chi connectivity index (χ0n) is 16.5. The Balaban J connectivity index is 1.61. The van der Waals surface area contributed by atoms with Crippen LogP contribution in [0.3, 0.4) is 0 Å². The Labute approximate surface area is 190 Å². The number of anilines is 1. The van der Waals surface area contributed by atoms with Crippen LogP contribution in [0.1, 0.15) is 24.6 Å². The van der Waals surface area contributed by atoms with Gasteiger partial charge in [0.1, 0.15) is 24.1 Å². The fourth-order valence-corrected chi connectivity index (χ4v) is 4.19. The van der Waals surface area contributed by atoms with Crippen LogP contribution >= 0.6 is 23.2 Å². The van der Waals surface area contributed by atoms with E-state index in [9.17, 15) is 18.3 Å². The van der Waals surface area contributed by atoms with Crippen LogP contribution in [0.4, 0.5) is 19.0 Å². The first kappa shape index (κ1) is 22.7. The fourth-order valence-electron chi connectivity index (χ4n) is 3.51. The number of nitrogens with two attached hydrogens (primary N) is 1. The van der Waals surface area contributed by atoms with Gasteiger partial charge in [0, 0.05) is 34.1 Å². The van der Waals surface area contributed by atoms with Crippen LogP contribution in [0.25, 0.3) is 11.1 Å². The van der Waals surface area contributed by atoms with Crippen LogP contribution in [0.2, 0.25) is 10.0 Å². The SMILES string of the molecule is C[C@@H](Oc1cc(-c2cnn(C3C(F)NC(F)C3O)c2)cnc1N)c1c(Cl)ccc(F)c1Cl. The van der Waals surface area contributed by atoms with Crippen molar-refractivity contribution in [1.82, 2.24) is 20.1 Å². The molecule has 4 unspecified atom stereocenters. The van der Waals surface area contributed by atoms with Crippen molar-refractivity contribution in [3.63, 3.8) is 0 Å². The summed E-state index contributed by atoms with van der Waals surface area (Å²) < 4.78 is 48.4. The predicted octanol–water partition coefficient (Wildman–Crippen LogP) is 4.21. The molecule has 0 radical (unpaired) electrons. The summed E-state index contributed by atoms with van der Waals surface area (Å²) in [5.74, 6) is -0.399. The van der Waals surface area contributed by atoms with Crippen LogP contribution in [-0.4, -0.2) is 38.6 Å². The second kappa shape index (κ2) is 8.78. The van der Waals surface area contributed by atoms with Gasteiger partial charge in [0.2, 0.25) is 0 Å². The topological polar surface area (TPSA) is 98.2 Å². The van der Waals surface area contributed by atoms with E-state index in [1.807, 2.05) is 5.32 Å². The summed E-state index contributed by atoms with van der Waals surface area (Å²) >= 11 is 12.2. The van der Waals surface area contributed by atoms with E-state index in [-0.39, 0.29) is 27.2 Å². The molecule has 3 aromatic rings. The van der Waals surface area contributed by atoms with Gasteiger partial charge in [-0.15, -0.1) is 0 Å². The van der Waals surface area contributed by atoms with Gasteiger partial charge in [-0.1, -0.05) is 23.2 Å². The molecule has 4 rings (SSSR count). The molecule has 5 atom stereocenters. The summed E-state index contributed by atoms with van der Waals surface area (Å²) in [6.45, 7) is 1.62. The molecule has 12 heteroatoms. The average molecular weight is 488 g/mol. The second-order valence-corrected chi connectivity index (χ2v) is 8.07. The minimum absolute atomic E-state index is 0.0659. The van der Waals surface area contributed by atoms with Crippen LogP contribution in [0, 0.1) is 5.82 Å². The number of aromatic nitrogens is 3. The number of aliphatic hydroxyl groups excluding tert-OH is 1. The van der Waals surface area contributed by atoms with E-state index in [1.165, 1.54) is 24.7 Å². The molecule has 0 amide bonds. The summed E-state index contributed by atoms with van der Waals surface area (Å²) in [6.07, 6.45) is -1.76. The number of pyridine rings is 1. The van der Waals surface area contributed by atoms with Gasteiger partial charge in [0.15, 0.2) is 24.2 Å². The molecule has 1 aliphatic heterocycles. The zero-order chi connectivity index (χ0) is 23.2. The molecule has 32 heavy (non-hydrogen) atoms. The Morgan fingerprint density at radius 2 is 1.97 bits per heavy atom. The first-order valence-corrected chi connectivity index (χ1v) is 10.2. The highest BCUT2D eigenvalue weighted by atomic mass is 35.5. The molecule has 3 heterocycles. The maximum Gasteiger partial charge on any atom is 0.181 e. The first-order valence-electron chi connectivity index (χ1n) is 9.49. The lowest BCUT2D eigenvalue weighted by molar-refractivity contribution is 0.0583. The number of nitrogen functional groups attached to an aromatic ring is 1. The van der Waals surface area contributed by atoms with E-state index < -0.39 is 36.7 Å². The van der Waals surface area contributed by atoms with Crippen LogP contribution < -0.4 is 15.8 Å². The van der Waals surface area contributed by atoms with E-state index >= 15 is 0 Å². The first-order chi connectivity index (χ1) is 15.2. The number of nitrogens with one attached hydrogen (secondary N) is 1. The molecule has 1 aromatic carbocycles. The van der Waals surface area contributed by atoms with Crippen molar-refractivity contribution in [3.8, 4) is 16.9 Å². The molecule has 7 nitrogen and oxygen atoms in total. The standard InChI is InChI=1S/C20H18Cl2F3N5O2/c1-8(14-11(21)2-3-12(23)15(14)22)32-13-4-9(5-27-20(13)26)10-6-28-30(7-10)16-17(31)19(25)29-18(16)24/h2-8,16-19,29,31H,1H3,(H2,26,27)/t8-,16?,17?,18?,19?/m1/s1. The van der Waals surface area contributed by atoms with Crippen molar-refractivity contribution < 1.29 is 23.0 Å². The molecule has 170 valence electrons. The second-order valence-electron chi connectivity index (χ2n) is 7.28. The molecule has 1 fully saturated rings. The monoisotopic (exact) mass is 487 g/mol. The Hall–Kier alpha value is -2.53. The third-order valence-corrected chi connectivity index (χ3v) is 5.89. The van der Waals surface area contributed by atoms with Gasteiger partial charge in [-0.25, -0.2) is 18.2 Å². The molecular formula is C20H18Cl2F3N5O2. The number of nitrogens with zero attached hydrogens (tertiary/aromatic N) is 3. The lowest BCUT2D eigenvalue weighted by atomic mass is 10.1. The van der Waals surface area contributed by atoms with Crippen LogP contribution in [0.5, 0.6) is 5.75 Å². The Morgan fingerprint density at radius 1 is 1.22 bits per heavy atom. The minimum Gasteiger partial charge on any atom is -0.482 e. The van der Waals surface area contributed by atoms with E-state index in [1.54, 1.807) is 13.0 Å². The number of ether oxygens (including phenoxy) is 1. The van der Waals surface area contributed by atoms with E-state index in [4.69, 9.17) is 33.7 Å². The number of aliphatic hydroxyl groups is 1. The molecule has 0 bridgehead atoms. The summed E-state index contributed by atoms with van der Waals surface area (Å²) in [7, 11) is 0. The Bertz CT molecular complexity index is 1150. The average Bonchev–Trinajstić information content (AvgIpc) is 3.31. The van der Waals surface area contributed by atoms with Crippen molar-refractivity contribution >= 4 is 29.0 Å². The summed E-state index contributed by atoms with van der Waals surface area (Å²) in [5.41, 5.74) is 7.19. The Morgan fingerprint density at radius 3 is 2.66 bits per heavy atom. The number of benzene rings is 1. The normalized spacial score (nSPS) is 24.0. The largest absolute Gasteiger partial charge is 0.482 e. The van der Waals surface area contributed by atoms with Crippen molar-refractivity contribution in [3.05, 3.63) is 58.2 Å². The smallest absolute Gasteiger partial charge is 0.181 e. The molecule has 1 aliphatic rings. The lowest BCUT2D eigenvalue weighted by Crippen LogP contribution is -2.28. The fraction of sp³-hybridized carbons (Fsp3) is 0.300. The van der Waals surface area contributed by atoms with Gasteiger partial charge in [0.05, 0.1) is 11.2 Å². The lowest BCUT2D eigenvalue weighted by Gasteiger charge is -2.19. The number of hydrogen-bond donors (Lipinski definition) is 3. The van der Waals surface area contributed by atoms with Crippen molar-refractivity contribution in [2.45, 2.75) is 37.8 Å². The molecule has 1 saturated heterocycles. The maximum atomic E-state index is 14.0. The molecular weight excluding hydrogens is 470 g/mol. The predicted molar refractivity (Wildman–Crippen MR) is 113 cm³/mol. The van der Waals surface area contributed by atoms with Gasteiger partial charge >= 0.3 is 0 Å². The number of halogens is 5. The van der Waals surface area contributed by atoms with E-state index in [0.717, 1.165) is 10.7 Å². The van der Waals surface area contributed by atoms with E-state index in [2.05, 4.69) is 10.1 Å². The highest BCUT2D eigenvalue weighted by molar-refractivity contribution is 6.36. The van der Waals surface area contributed by atoms with Gasteiger partial charge in [-0.2, -0.15) is 5.10 Å². The minimum atomic E-state index is -1.90. The maximum absolute atomic E-state index is 14.0. The number of alkyl halides is 2. The van der Waals surface area contributed by atoms with Crippen LogP contribution in [-0.2, 0) is 0 Å². The third-order valence-electron chi connectivity index (χ3n) is 5.18. The molecule has 0 spiro atoms. The van der Waals surface area contributed by atoms with Gasteiger partial charge < -0.3 is 15.6 Å². The third kappa shape index (κ3) is 4.11. The Kier molecular flexibility index (Phi) is 6.22. The molecule has 4 N–H and O–H groups in total. The molecule has 2 aromatic heterocycles. The highest BCUT2D eigenvalue weighted by Crippen LogP contribution is 2.37. The van der Waals surface area contributed by atoms with Gasteiger partial charge in [-0.05, 0) is 25.1 Å². The summed E-state index contributed by atoms with van der Waals surface area (Å²) in [5, 5.41) is 16.0. The summed E-state index contributed by atoms with van der Waals surface area (Å²) in [4.78, 5) is 4.09. The molecule has 0 aliphatic carbocycles. The number of rotatable bonds is 5. The highest BCUT2D eigenvalue weighted by Gasteiger charge is 2.44. The van der Waals surface area contributed by atoms with Gasteiger partial charge in [-0.3, -0.25) is 10.00 Å². The number of hydrogen-bond acceptors (Lipinski definition) is 6.